The molecule has 108 valence electrons. The molecule has 0 aliphatic heterocycles. The number of halogens is 1. The molecule has 0 saturated carbocycles. The van der Waals surface area contributed by atoms with Crippen LogP contribution in [-0.4, -0.2) is 5.11 Å². The van der Waals surface area contributed by atoms with Crippen LogP contribution in [0.25, 0.3) is 0 Å². The Hall–Kier alpha value is -1.39. The third kappa shape index (κ3) is 3.19. The minimum Gasteiger partial charge on any atom is -0.508 e. The third-order valence-corrected chi connectivity index (χ3v) is 4.48. The molecule has 0 bridgehead atoms. The molecule has 0 spiro atoms. The summed E-state index contributed by atoms with van der Waals surface area (Å²) in [6, 6.07) is 6.51. The Balaban J connectivity index is 2.14. The number of phenols is 1. The van der Waals surface area contributed by atoms with Gasteiger partial charge in [-0.2, -0.15) is 0 Å². The van der Waals surface area contributed by atoms with Gasteiger partial charge in [-0.1, -0.05) is 6.07 Å². The van der Waals surface area contributed by atoms with Gasteiger partial charge >= 0.3 is 0 Å². The first-order valence-electron chi connectivity index (χ1n) is 6.70. The van der Waals surface area contributed by atoms with Crippen molar-refractivity contribution < 1.29 is 9.50 Å². The normalized spacial score (nSPS) is 14.2. The van der Waals surface area contributed by atoms with Crippen LogP contribution < -0.4 is 5.32 Å². The number of thiophene rings is 1. The Kier molecular flexibility index (Phi) is 4.45. The molecule has 20 heavy (non-hydrogen) atoms. The second-order valence-corrected chi connectivity index (χ2v) is 6.64. The van der Waals surface area contributed by atoms with E-state index in [0.717, 1.165) is 6.07 Å². The van der Waals surface area contributed by atoms with Crippen LogP contribution in [0.5, 0.6) is 5.75 Å². The summed E-state index contributed by atoms with van der Waals surface area (Å²) in [5.74, 6) is -0.425. The lowest BCUT2D eigenvalue weighted by Gasteiger charge is -2.21. The van der Waals surface area contributed by atoms with Crippen molar-refractivity contribution in [2.45, 2.75) is 39.8 Å². The van der Waals surface area contributed by atoms with Crippen molar-refractivity contribution in [1.82, 2.24) is 5.32 Å². The Bertz CT molecular complexity index is 609. The molecular formula is C16H20FNOS. The van der Waals surface area contributed by atoms with Gasteiger partial charge in [0.2, 0.25) is 0 Å². The topological polar surface area (TPSA) is 32.3 Å². The van der Waals surface area contributed by atoms with E-state index in [4.69, 9.17) is 0 Å². The zero-order valence-corrected chi connectivity index (χ0v) is 13.0. The molecule has 0 aliphatic carbocycles. The van der Waals surface area contributed by atoms with E-state index < -0.39 is 0 Å². The van der Waals surface area contributed by atoms with Crippen LogP contribution in [0, 0.1) is 19.7 Å². The van der Waals surface area contributed by atoms with Crippen molar-refractivity contribution in [1.29, 1.82) is 0 Å². The van der Waals surface area contributed by atoms with Crippen LogP contribution in [0.4, 0.5) is 4.39 Å². The zero-order valence-electron chi connectivity index (χ0n) is 12.2. The SMILES string of the molecule is Cc1cc(C(C)NC(C)c2ccc(O)cc2F)c(C)s1. The average molecular weight is 293 g/mol. The molecule has 2 rings (SSSR count). The predicted octanol–water partition coefficient (Wildman–Crippen LogP) is 4.62. The average Bonchev–Trinajstić information content (AvgIpc) is 2.68. The summed E-state index contributed by atoms with van der Waals surface area (Å²) in [6.07, 6.45) is 0. The lowest BCUT2D eigenvalue weighted by molar-refractivity contribution is 0.454. The second-order valence-electron chi connectivity index (χ2n) is 5.18. The molecule has 0 radical (unpaired) electrons. The molecule has 1 aromatic heterocycles. The molecule has 0 fully saturated rings. The highest BCUT2D eigenvalue weighted by Crippen LogP contribution is 2.29. The molecular weight excluding hydrogens is 273 g/mol. The van der Waals surface area contributed by atoms with Gasteiger partial charge in [0.25, 0.3) is 0 Å². The van der Waals surface area contributed by atoms with E-state index in [2.05, 4.69) is 32.2 Å². The van der Waals surface area contributed by atoms with E-state index in [1.165, 1.54) is 21.4 Å². The lowest BCUT2D eigenvalue weighted by Crippen LogP contribution is -2.23. The zero-order chi connectivity index (χ0) is 14.9. The Morgan fingerprint density at radius 3 is 2.30 bits per heavy atom. The van der Waals surface area contributed by atoms with Crippen molar-refractivity contribution >= 4 is 11.3 Å². The van der Waals surface area contributed by atoms with Crippen LogP contribution in [0.3, 0.4) is 0 Å². The van der Waals surface area contributed by atoms with Crippen LogP contribution in [-0.2, 0) is 0 Å². The van der Waals surface area contributed by atoms with E-state index >= 15 is 0 Å². The van der Waals surface area contributed by atoms with Gasteiger partial charge in [0.15, 0.2) is 0 Å². The first kappa shape index (κ1) is 15.0. The fraction of sp³-hybridized carbons (Fsp3) is 0.375. The molecule has 2 nitrogen and oxygen atoms in total. The monoisotopic (exact) mass is 293 g/mol. The van der Waals surface area contributed by atoms with E-state index in [1.807, 2.05) is 6.92 Å². The summed E-state index contributed by atoms with van der Waals surface area (Å²) in [7, 11) is 0. The maximum Gasteiger partial charge on any atom is 0.131 e. The molecule has 0 amide bonds. The van der Waals surface area contributed by atoms with Crippen LogP contribution in [0.15, 0.2) is 24.3 Å². The van der Waals surface area contributed by atoms with Gasteiger partial charge in [0, 0.05) is 33.5 Å². The van der Waals surface area contributed by atoms with Gasteiger partial charge in [-0.3, -0.25) is 0 Å². The molecule has 0 aliphatic rings. The molecule has 0 saturated heterocycles. The Morgan fingerprint density at radius 2 is 1.75 bits per heavy atom. The highest BCUT2D eigenvalue weighted by molar-refractivity contribution is 7.12. The highest BCUT2D eigenvalue weighted by Gasteiger charge is 2.17. The van der Waals surface area contributed by atoms with Gasteiger partial charge in [0.1, 0.15) is 11.6 Å². The molecule has 2 unspecified atom stereocenters. The van der Waals surface area contributed by atoms with Crippen LogP contribution in [0.1, 0.15) is 46.8 Å². The lowest BCUT2D eigenvalue weighted by atomic mass is 10.0. The number of phenolic OH excluding ortho intramolecular Hbond substituents is 1. The summed E-state index contributed by atoms with van der Waals surface area (Å²) in [5, 5.41) is 12.7. The summed E-state index contributed by atoms with van der Waals surface area (Å²) in [4.78, 5) is 2.58. The highest BCUT2D eigenvalue weighted by atomic mass is 32.1. The first-order valence-corrected chi connectivity index (χ1v) is 7.51. The molecule has 1 heterocycles. The first-order chi connectivity index (χ1) is 9.38. The van der Waals surface area contributed by atoms with Crippen LogP contribution >= 0.6 is 11.3 Å². The van der Waals surface area contributed by atoms with Crippen molar-refractivity contribution in [3.8, 4) is 5.75 Å². The molecule has 2 N–H and O–H groups in total. The van der Waals surface area contributed by atoms with Crippen LogP contribution in [0.2, 0.25) is 0 Å². The van der Waals surface area contributed by atoms with Gasteiger partial charge in [-0.05, 0) is 45.4 Å². The van der Waals surface area contributed by atoms with Crippen molar-refractivity contribution in [3.63, 3.8) is 0 Å². The quantitative estimate of drug-likeness (QED) is 0.862. The largest absolute Gasteiger partial charge is 0.508 e. The minimum absolute atomic E-state index is 0.0456. The minimum atomic E-state index is -0.379. The van der Waals surface area contributed by atoms with Crippen molar-refractivity contribution in [2.24, 2.45) is 0 Å². The van der Waals surface area contributed by atoms with Gasteiger partial charge in [0.05, 0.1) is 0 Å². The smallest absolute Gasteiger partial charge is 0.131 e. The van der Waals surface area contributed by atoms with E-state index in [9.17, 15) is 9.50 Å². The summed E-state index contributed by atoms with van der Waals surface area (Å²) in [6.45, 7) is 8.22. The summed E-state index contributed by atoms with van der Waals surface area (Å²) < 4.78 is 13.8. The second kappa shape index (κ2) is 5.94. The fourth-order valence-corrected chi connectivity index (χ4v) is 3.52. The third-order valence-electron chi connectivity index (χ3n) is 3.50. The molecule has 1 aromatic carbocycles. The summed E-state index contributed by atoms with van der Waals surface area (Å²) in [5.41, 5.74) is 1.83. The Labute approximate surface area is 123 Å². The number of hydrogen-bond donors (Lipinski definition) is 2. The van der Waals surface area contributed by atoms with E-state index in [0.29, 0.717) is 5.56 Å². The van der Waals surface area contributed by atoms with Gasteiger partial charge < -0.3 is 10.4 Å². The number of rotatable bonds is 4. The van der Waals surface area contributed by atoms with E-state index in [1.54, 1.807) is 17.4 Å². The number of nitrogens with one attached hydrogen (secondary N) is 1. The summed E-state index contributed by atoms with van der Waals surface area (Å²) >= 11 is 1.78. The number of aromatic hydroxyl groups is 1. The molecule has 4 heteroatoms. The predicted molar refractivity (Wildman–Crippen MR) is 81.8 cm³/mol. The van der Waals surface area contributed by atoms with Crippen molar-refractivity contribution in [2.75, 3.05) is 0 Å². The van der Waals surface area contributed by atoms with Gasteiger partial charge in [-0.25, -0.2) is 4.39 Å². The maximum absolute atomic E-state index is 13.8. The van der Waals surface area contributed by atoms with Gasteiger partial charge in [-0.15, -0.1) is 11.3 Å². The molecule has 2 aromatic rings. The number of aryl methyl sites for hydroxylation is 2. The number of benzene rings is 1. The fourth-order valence-electron chi connectivity index (χ4n) is 2.50. The maximum atomic E-state index is 13.8. The van der Waals surface area contributed by atoms with Crippen molar-refractivity contribution in [3.05, 3.63) is 51.0 Å². The number of hydrogen-bond acceptors (Lipinski definition) is 3. The molecule has 2 atom stereocenters. The van der Waals surface area contributed by atoms with E-state index in [-0.39, 0.29) is 23.7 Å². The Morgan fingerprint density at radius 1 is 1.10 bits per heavy atom. The standard InChI is InChI=1S/C16H20FNOS/c1-9-7-15(12(4)20-9)11(3)18-10(2)14-6-5-13(19)8-16(14)17/h5-8,10-11,18-19H,1-4H3.